The highest BCUT2D eigenvalue weighted by atomic mass is 32.1. The molecular formula is C13H11N3O3S. The number of anilines is 1. The Labute approximate surface area is 118 Å². The van der Waals surface area contributed by atoms with E-state index in [0.29, 0.717) is 10.7 Å². The maximum absolute atomic E-state index is 11.7. The molecule has 0 unspecified atom stereocenters. The first-order chi connectivity index (χ1) is 9.56. The van der Waals surface area contributed by atoms with Gasteiger partial charge in [-0.1, -0.05) is 12.1 Å². The monoisotopic (exact) mass is 289 g/mol. The van der Waals surface area contributed by atoms with Crippen molar-refractivity contribution in [3.05, 3.63) is 57.1 Å². The summed E-state index contributed by atoms with van der Waals surface area (Å²) in [6.07, 6.45) is 4.32. The fourth-order valence-corrected chi connectivity index (χ4v) is 2.19. The van der Waals surface area contributed by atoms with Gasteiger partial charge in [-0.3, -0.25) is 20.2 Å². The van der Waals surface area contributed by atoms with E-state index >= 15 is 0 Å². The number of thiazole rings is 1. The van der Waals surface area contributed by atoms with Gasteiger partial charge in [0.1, 0.15) is 0 Å². The first kappa shape index (κ1) is 13.9. The van der Waals surface area contributed by atoms with Gasteiger partial charge in [-0.2, -0.15) is 0 Å². The van der Waals surface area contributed by atoms with E-state index in [1.807, 2.05) is 6.92 Å². The van der Waals surface area contributed by atoms with Gasteiger partial charge in [-0.15, -0.1) is 11.3 Å². The van der Waals surface area contributed by atoms with Crippen LogP contribution in [0.3, 0.4) is 0 Å². The van der Waals surface area contributed by atoms with Crippen molar-refractivity contribution in [3.8, 4) is 0 Å². The number of carbonyl (C=O) groups excluding carboxylic acids is 1. The lowest BCUT2D eigenvalue weighted by Gasteiger charge is -1.97. The van der Waals surface area contributed by atoms with Gasteiger partial charge in [0.05, 0.1) is 10.5 Å². The smallest absolute Gasteiger partial charge is 0.276 e. The zero-order valence-corrected chi connectivity index (χ0v) is 11.4. The molecule has 0 atom stereocenters. The average molecular weight is 289 g/mol. The molecule has 0 aliphatic rings. The Bertz CT molecular complexity index is 679. The van der Waals surface area contributed by atoms with E-state index in [1.54, 1.807) is 24.4 Å². The quantitative estimate of drug-likeness (QED) is 0.532. The predicted octanol–water partition coefficient (Wildman–Crippen LogP) is 3.01. The minimum absolute atomic E-state index is 0.0401. The number of aromatic nitrogens is 1. The van der Waals surface area contributed by atoms with Crippen molar-refractivity contribution in [2.45, 2.75) is 6.92 Å². The maximum Gasteiger partial charge on any atom is 0.276 e. The molecule has 0 radical (unpaired) electrons. The Morgan fingerprint density at radius 2 is 2.20 bits per heavy atom. The summed E-state index contributed by atoms with van der Waals surface area (Å²) in [4.78, 5) is 27.0. The number of benzene rings is 1. The molecule has 1 amide bonds. The minimum atomic E-state index is -0.484. The largest absolute Gasteiger partial charge is 0.298 e. The number of nitro groups is 1. The number of rotatable bonds is 4. The lowest BCUT2D eigenvalue weighted by Crippen LogP contribution is -2.07. The molecule has 0 saturated carbocycles. The van der Waals surface area contributed by atoms with Gasteiger partial charge in [0.2, 0.25) is 5.91 Å². The van der Waals surface area contributed by atoms with Crippen LogP contribution in [-0.4, -0.2) is 15.8 Å². The van der Waals surface area contributed by atoms with Crippen molar-refractivity contribution in [1.82, 2.24) is 4.98 Å². The molecule has 1 N–H and O–H groups in total. The van der Waals surface area contributed by atoms with Crippen molar-refractivity contribution in [1.29, 1.82) is 0 Å². The Balaban J connectivity index is 2.09. The van der Waals surface area contributed by atoms with Crippen molar-refractivity contribution >= 4 is 34.1 Å². The molecule has 102 valence electrons. The van der Waals surface area contributed by atoms with Gasteiger partial charge in [-0.25, -0.2) is 4.98 Å². The van der Waals surface area contributed by atoms with E-state index in [-0.39, 0.29) is 11.6 Å². The second-order valence-electron chi connectivity index (χ2n) is 3.91. The Morgan fingerprint density at radius 3 is 2.85 bits per heavy atom. The molecular weight excluding hydrogens is 278 g/mol. The molecule has 0 fully saturated rings. The van der Waals surface area contributed by atoms with E-state index < -0.39 is 4.92 Å². The van der Waals surface area contributed by atoms with Gasteiger partial charge in [0, 0.05) is 23.2 Å². The van der Waals surface area contributed by atoms with E-state index in [2.05, 4.69) is 10.3 Å². The summed E-state index contributed by atoms with van der Waals surface area (Å²) >= 11 is 1.36. The number of hydrogen-bond acceptors (Lipinski definition) is 5. The maximum atomic E-state index is 11.7. The molecule has 0 aliphatic carbocycles. The second-order valence-corrected chi connectivity index (χ2v) is 5.15. The summed E-state index contributed by atoms with van der Waals surface area (Å²) in [5.41, 5.74) is 0.338. The standard InChI is InChI=1S/C13H11N3O3S/c1-9-8-14-13(20-9)15-12(17)7-6-10-4-2-3-5-11(10)16(18)19/h2-8H,1H3,(H,14,15,17). The predicted molar refractivity (Wildman–Crippen MR) is 77.6 cm³/mol. The summed E-state index contributed by atoms with van der Waals surface area (Å²) in [5, 5.41) is 13.9. The SMILES string of the molecule is Cc1cnc(NC(=O)C=Cc2ccccc2[N+](=O)[O-])s1. The van der Waals surface area contributed by atoms with Crippen LogP contribution in [0.15, 0.2) is 36.5 Å². The lowest BCUT2D eigenvalue weighted by atomic mass is 10.1. The zero-order valence-electron chi connectivity index (χ0n) is 10.6. The Morgan fingerprint density at radius 1 is 1.45 bits per heavy atom. The van der Waals surface area contributed by atoms with Crippen LogP contribution in [0, 0.1) is 17.0 Å². The zero-order chi connectivity index (χ0) is 14.5. The summed E-state index contributed by atoms with van der Waals surface area (Å²) in [5.74, 6) is -0.377. The lowest BCUT2D eigenvalue weighted by molar-refractivity contribution is -0.385. The molecule has 1 aromatic carbocycles. The minimum Gasteiger partial charge on any atom is -0.298 e. The van der Waals surface area contributed by atoms with Crippen molar-refractivity contribution in [3.63, 3.8) is 0 Å². The highest BCUT2D eigenvalue weighted by Crippen LogP contribution is 2.19. The molecule has 2 rings (SSSR count). The van der Waals surface area contributed by atoms with Gasteiger partial charge < -0.3 is 0 Å². The number of para-hydroxylation sites is 1. The van der Waals surface area contributed by atoms with E-state index in [0.717, 1.165) is 4.88 Å². The van der Waals surface area contributed by atoms with E-state index in [1.165, 1.54) is 29.6 Å². The normalized spacial score (nSPS) is 10.7. The third kappa shape index (κ3) is 3.48. The second kappa shape index (κ2) is 6.07. The molecule has 6 nitrogen and oxygen atoms in total. The molecule has 0 saturated heterocycles. The van der Waals surface area contributed by atoms with Gasteiger partial charge in [0.15, 0.2) is 5.13 Å². The number of carbonyl (C=O) groups is 1. The van der Waals surface area contributed by atoms with Crippen LogP contribution in [0.2, 0.25) is 0 Å². The molecule has 2 aromatic rings. The van der Waals surface area contributed by atoms with Gasteiger partial charge >= 0.3 is 0 Å². The Kier molecular flexibility index (Phi) is 4.21. The van der Waals surface area contributed by atoms with Crippen molar-refractivity contribution in [2.75, 3.05) is 5.32 Å². The summed E-state index contributed by atoms with van der Waals surface area (Å²) in [6, 6.07) is 6.22. The third-order valence-electron chi connectivity index (χ3n) is 2.40. The first-order valence-electron chi connectivity index (χ1n) is 5.71. The molecule has 7 heteroatoms. The average Bonchev–Trinajstić information content (AvgIpc) is 2.82. The molecule has 0 bridgehead atoms. The number of amides is 1. The van der Waals surface area contributed by atoms with Crippen LogP contribution >= 0.6 is 11.3 Å². The van der Waals surface area contributed by atoms with Crippen LogP contribution in [0.4, 0.5) is 10.8 Å². The third-order valence-corrected chi connectivity index (χ3v) is 3.23. The topological polar surface area (TPSA) is 85.1 Å². The fourth-order valence-electron chi connectivity index (χ4n) is 1.52. The highest BCUT2D eigenvalue weighted by Gasteiger charge is 2.10. The fraction of sp³-hybridized carbons (Fsp3) is 0.0769. The van der Waals surface area contributed by atoms with Crippen LogP contribution in [-0.2, 0) is 4.79 Å². The van der Waals surface area contributed by atoms with Crippen LogP contribution < -0.4 is 5.32 Å². The van der Waals surface area contributed by atoms with Gasteiger partial charge in [0.25, 0.3) is 5.69 Å². The number of nitro benzene ring substituents is 1. The van der Waals surface area contributed by atoms with E-state index in [9.17, 15) is 14.9 Å². The highest BCUT2D eigenvalue weighted by molar-refractivity contribution is 7.15. The molecule has 1 heterocycles. The number of nitrogens with zero attached hydrogens (tertiary/aromatic N) is 2. The number of hydrogen-bond donors (Lipinski definition) is 1. The van der Waals surface area contributed by atoms with Crippen LogP contribution in [0.5, 0.6) is 0 Å². The Hall–Kier alpha value is -2.54. The summed E-state index contributed by atoms with van der Waals surface area (Å²) < 4.78 is 0. The van der Waals surface area contributed by atoms with E-state index in [4.69, 9.17) is 0 Å². The molecule has 20 heavy (non-hydrogen) atoms. The van der Waals surface area contributed by atoms with Crippen LogP contribution in [0.25, 0.3) is 6.08 Å². The van der Waals surface area contributed by atoms with Crippen molar-refractivity contribution < 1.29 is 9.72 Å². The number of aryl methyl sites for hydroxylation is 1. The van der Waals surface area contributed by atoms with Gasteiger partial charge in [-0.05, 0) is 19.1 Å². The van der Waals surface area contributed by atoms with Crippen molar-refractivity contribution in [2.24, 2.45) is 0 Å². The first-order valence-corrected chi connectivity index (χ1v) is 6.53. The summed E-state index contributed by atoms with van der Waals surface area (Å²) in [7, 11) is 0. The summed E-state index contributed by atoms with van der Waals surface area (Å²) in [6.45, 7) is 1.89. The molecule has 1 aromatic heterocycles. The molecule has 0 aliphatic heterocycles. The molecule has 0 spiro atoms. The van der Waals surface area contributed by atoms with Crippen LogP contribution in [0.1, 0.15) is 10.4 Å². The number of nitrogens with one attached hydrogen (secondary N) is 1.